The Kier molecular flexibility index (Phi) is 5.84. The van der Waals surface area contributed by atoms with E-state index in [4.69, 9.17) is 4.74 Å². The van der Waals surface area contributed by atoms with Crippen molar-refractivity contribution in [2.24, 2.45) is 5.92 Å². The van der Waals surface area contributed by atoms with E-state index >= 15 is 0 Å². The number of hydrogen-bond donors (Lipinski definition) is 0. The monoisotopic (exact) mass is 348 g/mol. The van der Waals surface area contributed by atoms with E-state index in [0.29, 0.717) is 10.7 Å². The molecule has 0 heterocycles. The Morgan fingerprint density at radius 3 is 2.50 bits per heavy atom. The molecule has 0 aromatic heterocycles. The van der Waals surface area contributed by atoms with Gasteiger partial charge in [0.2, 0.25) is 0 Å². The van der Waals surface area contributed by atoms with Crippen LogP contribution in [0.15, 0.2) is 22.7 Å². The predicted molar refractivity (Wildman–Crippen MR) is 76.4 cm³/mol. The molecule has 3 heteroatoms. The van der Waals surface area contributed by atoms with Crippen LogP contribution in [-0.2, 0) is 0 Å². The smallest absolute Gasteiger partial charge is 0.133 e. The quantitative estimate of drug-likeness (QED) is 0.653. The van der Waals surface area contributed by atoms with E-state index in [1.54, 1.807) is 0 Å². The first kappa shape index (κ1) is 14.0. The van der Waals surface area contributed by atoms with Crippen LogP contribution in [0.25, 0.3) is 0 Å². The van der Waals surface area contributed by atoms with E-state index in [-0.39, 0.29) is 0 Å². The summed E-state index contributed by atoms with van der Waals surface area (Å²) in [5.74, 6) is 1.50. The van der Waals surface area contributed by atoms with E-state index in [0.717, 1.165) is 23.2 Å². The average molecular weight is 350 g/mol. The lowest BCUT2D eigenvalue weighted by Gasteiger charge is -2.15. The Bertz CT molecular complexity index is 337. The largest absolute Gasteiger partial charge is 0.492 e. The molecule has 0 saturated carbocycles. The van der Waals surface area contributed by atoms with Crippen molar-refractivity contribution in [3.63, 3.8) is 0 Å². The first-order chi connectivity index (χ1) is 7.56. The average Bonchev–Trinajstić information content (AvgIpc) is 2.26. The van der Waals surface area contributed by atoms with Crippen molar-refractivity contribution < 1.29 is 4.74 Å². The van der Waals surface area contributed by atoms with Crippen LogP contribution in [0.4, 0.5) is 0 Å². The van der Waals surface area contributed by atoms with Crippen molar-refractivity contribution in [2.75, 3.05) is 6.61 Å². The summed E-state index contributed by atoms with van der Waals surface area (Å²) in [6.45, 7) is 7.28. The number of ether oxygens (including phenoxy) is 1. The fraction of sp³-hybridized carbons (Fsp3) is 0.538. The van der Waals surface area contributed by atoms with Crippen molar-refractivity contribution in [1.29, 1.82) is 0 Å². The maximum atomic E-state index is 5.62. The van der Waals surface area contributed by atoms with Gasteiger partial charge in [-0.3, -0.25) is 0 Å². The third kappa shape index (κ3) is 3.77. The zero-order chi connectivity index (χ0) is 12.1. The fourth-order valence-electron chi connectivity index (χ4n) is 1.40. The van der Waals surface area contributed by atoms with Crippen molar-refractivity contribution >= 4 is 31.9 Å². The lowest BCUT2D eigenvalue weighted by atomic mass is 10.0. The van der Waals surface area contributed by atoms with Crippen LogP contribution in [-0.4, -0.2) is 6.61 Å². The van der Waals surface area contributed by atoms with E-state index in [2.05, 4.69) is 64.8 Å². The number of benzene rings is 1. The second-order valence-corrected chi connectivity index (χ2v) is 6.02. The Hall–Kier alpha value is -0.0200. The van der Waals surface area contributed by atoms with Crippen molar-refractivity contribution in [2.45, 2.75) is 32.0 Å². The molecule has 0 aliphatic heterocycles. The highest BCUT2D eigenvalue weighted by atomic mass is 79.9. The fourth-order valence-corrected chi connectivity index (χ4v) is 2.20. The third-order valence-electron chi connectivity index (χ3n) is 2.32. The molecule has 0 aliphatic rings. The summed E-state index contributed by atoms with van der Waals surface area (Å²) in [7, 11) is 0. The maximum absolute atomic E-state index is 5.62. The molecule has 0 aliphatic carbocycles. The third-order valence-corrected chi connectivity index (χ3v) is 4.53. The number of alkyl halides is 1. The van der Waals surface area contributed by atoms with Gasteiger partial charge in [-0.05, 0) is 46.0 Å². The first-order valence-electron chi connectivity index (χ1n) is 5.62. The molecule has 0 N–H and O–H groups in total. The van der Waals surface area contributed by atoms with Gasteiger partial charge >= 0.3 is 0 Å². The molecule has 0 saturated heterocycles. The van der Waals surface area contributed by atoms with Crippen LogP contribution in [0, 0.1) is 5.92 Å². The van der Waals surface area contributed by atoms with Crippen LogP contribution in [0.1, 0.15) is 37.6 Å². The summed E-state index contributed by atoms with van der Waals surface area (Å²) in [6, 6.07) is 6.28. The molecule has 0 radical (unpaired) electrons. The highest BCUT2D eigenvalue weighted by molar-refractivity contribution is 9.10. The van der Waals surface area contributed by atoms with E-state index in [1.807, 2.05) is 6.07 Å². The first-order valence-corrected chi connectivity index (χ1v) is 7.33. The van der Waals surface area contributed by atoms with E-state index in [1.165, 1.54) is 5.56 Å². The molecule has 0 fully saturated rings. The molecule has 0 amide bonds. The molecule has 0 spiro atoms. The van der Waals surface area contributed by atoms with Gasteiger partial charge in [0, 0.05) is 4.83 Å². The zero-order valence-corrected chi connectivity index (χ0v) is 13.1. The number of halogens is 2. The minimum Gasteiger partial charge on any atom is -0.492 e. The summed E-state index contributed by atoms with van der Waals surface area (Å²) in [5, 5.41) is 0. The minimum atomic E-state index is 0.393. The van der Waals surface area contributed by atoms with Crippen LogP contribution in [0.2, 0.25) is 0 Å². The van der Waals surface area contributed by atoms with Crippen LogP contribution < -0.4 is 4.74 Å². The van der Waals surface area contributed by atoms with Gasteiger partial charge in [0.1, 0.15) is 5.75 Å². The second kappa shape index (κ2) is 6.65. The molecule has 1 atom stereocenters. The van der Waals surface area contributed by atoms with Gasteiger partial charge in [0.15, 0.2) is 0 Å². The van der Waals surface area contributed by atoms with Gasteiger partial charge in [-0.15, -0.1) is 0 Å². The Morgan fingerprint density at radius 2 is 2.00 bits per heavy atom. The van der Waals surface area contributed by atoms with Crippen LogP contribution >= 0.6 is 31.9 Å². The Balaban J connectivity index is 2.82. The van der Waals surface area contributed by atoms with Crippen LogP contribution in [0.5, 0.6) is 5.75 Å². The number of rotatable bonds is 5. The molecule has 0 bridgehead atoms. The molecule has 16 heavy (non-hydrogen) atoms. The van der Waals surface area contributed by atoms with Gasteiger partial charge in [0.25, 0.3) is 0 Å². The molecule has 1 nitrogen and oxygen atoms in total. The number of hydrogen-bond acceptors (Lipinski definition) is 1. The van der Waals surface area contributed by atoms with Crippen molar-refractivity contribution in [1.82, 2.24) is 0 Å². The Labute approximate surface area is 115 Å². The SMILES string of the molecule is CCCOc1ccc(C(Br)C(C)C)cc1Br. The minimum absolute atomic E-state index is 0.393. The molecule has 90 valence electrons. The summed E-state index contributed by atoms with van der Waals surface area (Å²) in [5.41, 5.74) is 1.28. The van der Waals surface area contributed by atoms with Gasteiger partial charge in [-0.2, -0.15) is 0 Å². The van der Waals surface area contributed by atoms with Gasteiger partial charge < -0.3 is 4.74 Å². The zero-order valence-electron chi connectivity index (χ0n) is 9.97. The molecule has 1 unspecified atom stereocenters. The van der Waals surface area contributed by atoms with Gasteiger partial charge in [-0.25, -0.2) is 0 Å². The highest BCUT2D eigenvalue weighted by Gasteiger charge is 2.13. The van der Waals surface area contributed by atoms with E-state index < -0.39 is 0 Å². The molecule has 1 aromatic rings. The standard InChI is InChI=1S/C13H18Br2O/c1-4-7-16-12-6-5-10(8-11(12)14)13(15)9(2)3/h5-6,8-9,13H,4,7H2,1-3H3. The van der Waals surface area contributed by atoms with Crippen molar-refractivity contribution in [3.05, 3.63) is 28.2 Å². The normalized spacial score (nSPS) is 12.9. The summed E-state index contributed by atoms with van der Waals surface area (Å²) < 4.78 is 6.65. The molecular weight excluding hydrogens is 332 g/mol. The molecule has 1 rings (SSSR count). The lowest BCUT2D eigenvalue weighted by molar-refractivity contribution is 0.315. The topological polar surface area (TPSA) is 9.23 Å². The summed E-state index contributed by atoms with van der Waals surface area (Å²) >= 11 is 7.25. The van der Waals surface area contributed by atoms with Gasteiger partial charge in [-0.1, -0.05) is 42.8 Å². The predicted octanol–water partition coefficient (Wildman–Crippen LogP) is 5.33. The van der Waals surface area contributed by atoms with Crippen LogP contribution in [0.3, 0.4) is 0 Å². The van der Waals surface area contributed by atoms with Gasteiger partial charge in [0.05, 0.1) is 11.1 Å². The highest BCUT2D eigenvalue weighted by Crippen LogP contribution is 2.35. The second-order valence-electron chi connectivity index (χ2n) is 4.18. The lowest BCUT2D eigenvalue weighted by Crippen LogP contribution is -2.00. The summed E-state index contributed by atoms with van der Waals surface area (Å²) in [4.78, 5) is 0.393. The van der Waals surface area contributed by atoms with E-state index in [9.17, 15) is 0 Å². The van der Waals surface area contributed by atoms with Crippen molar-refractivity contribution in [3.8, 4) is 5.75 Å². The Morgan fingerprint density at radius 1 is 1.31 bits per heavy atom. The molecule has 1 aromatic carbocycles. The molecular formula is C13H18Br2O. The maximum Gasteiger partial charge on any atom is 0.133 e. The summed E-state index contributed by atoms with van der Waals surface area (Å²) in [6.07, 6.45) is 1.03.